The summed E-state index contributed by atoms with van der Waals surface area (Å²) in [7, 11) is -3.45. The van der Waals surface area contributed by atoms with Gasteiger partial charge in [0.05, 0.1) is 11.9 Å². The first kappa shape index (κ1) is 14.0. The van der Waals surface area contributed by atoms with Gasteiger partial charge in [0, 0.05) is 24.7 Å². The van der Waals surface area contributed by atoms with Crippen molar-refractivity contribution in [3.05, 3.63) is 11.9 Å². The summed E-state index contributed by atoms with van der Waals surface area (Å²) in [4.78, 5) is 0.310. The lowest BCUT2D eigenvalue weighted by Crippen LogP contribution is -2.50. The number of aryl methyl sites for hydroxylation is 1. The van der Waals surface area contributed by atoms with Crippen LogP contribution < -0.4 is 5.32 Å². The molecule has 0 saturated carbocycles. The Labute approximate surface area is 120 Å². The Kier molecular flexibility index (Phi) is 3.60. The third kappa shape index (κ3) is 2.27. The zero-order valence-electron chi connectivity index (χ0n) is 12.0. The maximum Gasteiger partial charge on any atom is 0.246 e. The molecule has 2 fully saturated rings. The molecule has 2 saturated heterocycles. The van der Waals surface area contributed by atoms with E-state index in [1.807, 2.05) is 6.92 Å². The SMILES string of the molecule is CCN(C1CC2CCC(C1)N2)S(=O)(=O)c1cn[nH]c1C. The molecule has 2 aliphatic heterocycles. The molecule has 0 aromatic carbocycles. The van der Waals surface area contributed by atoms with Crippen LogP contribution in [0, 0.1) is 6.92 Å². The van der Waals surface area contributed by atoms with Gasteiger partial charge in [-0.15, -0.1) is 0 Å². The summed E-state index contributed by atoms with van der Waals surface area (Å²) in [6.45, 7) is 4.17. The molecular formula is C13H22N4O2S. The maximum atomic E-state index is 12.8. The normalized spacial score (nSPS) is 30.1. The molecule has 2 bridgehead atoms. The van der Waals surface area contributed by atoms with Crippen molar-refractivity contribution >= 4 is 10.0 Å². The average molecular weight is 298 g/mol. The number of fused-ring (bicyclic) bond motifs is 2. The van der Waals surface area contributed by atoms with Gasteiger partial charge >= 0.3 is 0 Å². The number of hydrogen-bond donors (Lipinski definition) is 2. The predicted molar refractivity (Wildman–Crippen MR) is 75.9 cm³/mol. The molecule has 0 radical (unpaired) electrons. The van der Waals surface area contributed by atoms with Crippen molar-refractivity contribution in [2.45, 2.75) is 62.6 Å². The van der Waals surface area contributed by atoms with Crippen molar-refractivity contribution in [3.8, 4) is 0 Å². The first-order chi connectivity index (χ1) is 9.52. The van der Waals surface area contributed by atoms with E-state index in [-0.39, 0.29) is 6.04 Å². The van der Waals surface area contributed by atoms with Gasteiger partial charge in [-0.3, -0.25) is 5.10 Å². The summed E-state index contributed by atoms with van der Waals surface area (Å²) in [5.41, 5.74) is 0.611. The van der Waals surface area contributed by atoms with E-state index >= 15 is 0 Å². The smallest absolute Gasteiger partial charge is 0.246 e. The fourth-order valence-corrected chi connectivity index (χ4v) is 5.39. The number of hydrogen-bond acceptors (Lipinski definition) is 4. The van der Waals surface area contributed by atoms with Crippen molar-refractivity contribution in [2.75, 3.05) is 6.54 Å². The minimum absolute atomic E-state index is 0.109. The maximum absolute atomic E-state index is 12.8. The Balaban J connectivity index is 1.88. The molecular weight excluding hydrogens is 276 g/mol. The summed E-state index contributed by atoms with van der Waals surface area (Å²) in [5, 5.41) is 10.1. The second kappa shape index (κ2) is 5.13. The van der Waals surface area contributed by atoms with Crippen molar-refractivity contribution < 1.29 is 8.42 Å². The van der Waals surface area contributed by atoms with Gasteiger partial charge in [-0.2, -0.15) is 9.40 Å². The van der Waals surface area contributed by atoms with Crippen molar-refractivity contribution in [3.63, 3.8) is 0 Å². The fraction of sp³-hybridized carbons (Fsp3) is 0.769. The van der Waals surface area contributed by atoms with E-state index < -0.39 is 10.0 Å². The van der Waals surface area contributed by atoms with Crippen molar-refractivity contribution in [1.82, 2.24) is 19.8 Å². The van der Waals surface area contributed by atoms with E-state index in [1.165, 1.54) is 19.0 Å². The number of aromatic amines is 1. The zero-order chi connectivity index (χ0) is 14.3. The summed E-state index contributed by atoms with van der Waals surface area (Å²) < 4.78 is 27.3. The van der Waals surface area contributed by atoms with Gasteiger partial charge in [0.1, 0.15) is 4.90 Å². The van der Waals surface area contributed by atoms with E-state index in [4.69, 9.17) is 0 Å². The van der Waals surface area contributed by atoms with Crippen LogP contribution in [0.2, 0.25) is 0 Å². The van der Waals surface area contributed by atoms with Gasteiger partial charge in [-0.1, -0.05) is 6.92 Å². The molecule has 0 amide bonds. The molecule has 112 valence electrons. The van der Waals surface area contributed by atoms with Gasteiger partial charge in [0.25, 0.3) is 0 Å². The second-order valence-electron chi connectivity index (χ2n) is 5.83. The Morgan fingerprint density at radius 1 is 1.35 bits per heavy atom. The highest BCUT2D eigenvalue weighted by molar-refractivity contribution is 7.89. The van der Waals surface area contributed by atoms with Crippen LogP contribution in [0.15, 0.2) is 11.1 Å². The predicted octanol–water partition coefficient (Wildman–Crippen LogP) is 1.01. The van der Waals surface area contributed by atoms with Gasteiger partial charge in [-0.25, -0.2) is 8.42 Å². The fourth-order valence-electron chi connectivity index (χ4n) is 3.61. The van der Waals surface area contributed by atoms with Crippen LogP contribution in [0.25, 0.3) is 0 Å². The molecule has 0 aliphatic carbocycles. The van der Waals surface area contributed by atoms with Crippen LogP contribution in [0.1, 0.15) is 38.3 Å². The molecule has 3 heterocycles. The lowest BCUT2D eigenvalue weighted by molar-refractivity contribution is 0.232. The lowest BCUT2D eigenvalue weighted by Gasteiger charge is -2.36. The molecule has 20 heavy (non-hydrogen) atoms. The monoisotopic (exact) mass is 298 g/mol. The highest BCUT2D eigenvalue weighted by Crippen LogP contribution is 2.32. The molecule has 1 aromatic heterocycles. The van der Waals surface area contributed by atoms with Gasteiger partial charge in [-0.05, 0) is 32.6 Å². The van der Waals surface area contributed by atoms with Gasteiger partial charge in [0.2, 0.25) is 10.0 Å². The number of rotatable bonds is 4. The molecule has 2 aliphatic rings. The summed E-state index contributed by atoms with van der Waals surface area (Å²) in [6.07, 6.45) is 5.59. The second-order valence-corrected chi connectivity index (χ2v) is 7.69. The molecule has 7 heteroatoms. The minimum Gasteiger partial charge on any atom is -0.311 e. The molecule has 3 rings (SSSR count). The summed E-state index contributed by atoms with van der Waals surface area (Å²) in [6, 6.07) is 1.07. The van der Waals surface area contributed by atoms with Crippen LogP contribution >= 0.6 is 0 Å². The third-order valence-electron chi connectivity index (χ3n) is 4.54. The third-order valence-corrected chi connectivity index (χ3v) is 6.68. The molecule has 2 N–H and O–H groups in total. The topological polar surface area (TPSA) is 78.1 Å². The first-order valence-electron chi connectivity index (χ1n) is 7.30. The van der Waals surface area contributed by atoms with Crippen LogP contribution in [-0.4, -0.2) is 47.6 Å². The minimum atomic E-state index is -3.45. The van der Waals surface area contributed by atoms with E-state index in [1.54, 1.807) is 11.2 Å². The van der Waals surface area contributed by atoms with Crippen LogP contribution in [0.5, 0.6) is 0 Å². The summed E-state index contributed by atoms with van der Waals surface area (Å²) >= 11 is 0. The Morgan fingerprint density at radius 3 is 2.50 bits per heavy atom. The van der Waals surface area contributed by atoms with Gasteiger partial charge < -0.3 is 5.32 Å². The van der Waals surface area contributed by atoms with Crippen LogP contribution in [0.3, 0.4) is 0 Å². The number of H-pyrrole nitrogens is 1. The van der Waals surface area contributed by atoms with E-state index in [0.29, 0.717) is 29.2 Å². The van der Waals surface area contributed by atoms with Crippen molar-refractivity contribution in [1.29, 1.82) is 0 Å². The number of nitrogens with zero attached hydrogens (tertiary/aromatic N) is 2. The van der Waals surface area contributed by atoms with Crippen LogP contribution in [-0.2, 0) is 10.0 Å². The Bertz CT molecular complexity index is 571. The molecule has 2 unspecified atom stereocenters. The van der Waals surface area contributed by atoms with Crippen molar-refractivity contribution in [2.24, 2.45) is 0 Å². The Morgan fingerprint density at radius 2 is 2.00 bits per heavy atom. The number of aromatic nitrogens is 2. The van der Waals surface area contributed by atoms with E-state index in [2.05, 4.69) is 15.5 Å². The lowest BCUT2D eigenvalue weighted by atomic mass is 10.00. The summed E-state index contributed by atoms with van der Waals surface area (Å²) in [5.74, 6) is 0. The molecule has 6 nitrogen and oxygen atoms in total. The number of piperidine rings is 1. The molecule has 0 spiro atoms. The largest absolute Gasteiger partial charge is 0.311 e. The molecule has 1 aromatic rings. The van der Waals surface area contributed by atoms with Gasteiger partial charge in [0.15, 0.2) is 0 Å². The zero-order valence-corrected chi connectivity index (χ0v) is 12.8. The van der Waals surface area contributed by atoms with E-state index in [0.717, 1.165) is 12.8 Å². The highest BCUT2D eigenvalue weighted by Gasteiger charge is 2.40. The van der Waals surface area contributed by atoms with E-state index in [9.17, 15) is 8.42 Å². The highest BCUT2D eigenvalue weighted by atomic mass is 32.2. The molecule has 2 atom stereocenters. The van der Waals surface area contributed by atoms with Crippen LogP contribution in [0.4, 0.5) is 0 Å². The number of sulfonamides is 1. The average Bonchev–Trinajstić information content (AvgIpc) is 2.96. The first-order valence-corrected chi connectivity index (χ1v) is 8.74. The number of nitrogens with one attached hydrogen (secondary N) is 2. The quantitative estimate of drug-likeness (QED) is 0.869. The standard InChI is InChI=1S/C13H22N4O2S/c1-3-17(12-6-10-4-5-11(7-12)15-10)20(18,19)13-8-14-16-9(13)2/h8,10-12,15H,3-7H2,1-2H3,(H,14,16). The Hall–Kier alpha value is -0.920.